The summed E-state index contributed by atoms with van der Waals surface area (Å²) < 4.78 is 24.2. The van der Waals surface area contributed by atoms with Crippen molar-refractivity contribution in [2.45, 2.75) is 26.6 Å². The highest BCUT2D eigenvalue weighted by molar-refractivity contribution is 6.31. The van der Waals surface area contributed by atoms with Gasteiger partial charge in [-0.2, -0.15) is 0 Å². The summed E-state index contributed by atoms with van der Waals surface area (Å²) in [5.41, 5.74) is 0.441. The summed E-state index contributed by atoms with van der Waals surface area (Å²) in [6.45, 7) is 4.79. The molecule has 0 fully saturated rings. The normalized spacial score (nSPS) is 11.1. The second-order valence-electron chi connectivity index (χ2n) is 3.24. The quantitative estimate of drug-likeness (QED) is 0.716. The third-order valence-corrected chi connectivity index (χ3v) is 2.49. The fourth-order valence-corrected chi connectivity index (χ4v) is 1.67. The van der Waals surface area contributed by atoms with Crippen LogP contribution < -0.4 is 0 Å². The van der Waals surface area contributed by atoms with Gasteiger partial charge in [0.25, 0.3) is 0 Å². The van der Waals surface area contributed by atoms with E-state index in [0.29, 0.717) is 30.2 Å². The molecule has 0 bridgehead atoms. The fraction of sp³-hybridized carbons (Fsp3) is 0.500. The van der Waals surface area contributed by atoms with Crippen LogP contribution >= 0.6 is 11.6 Å². The molecule has 4 heteroatoms. The predicted octanol–water partition coefficient (Wildman–Crippen LogP) is 3.42. The first-order valence-corrected chi connectivity index (χ1v) is 5.72. The lowest BCUT2D eigenvalue weighted by molar-refractivity contribution is -0.134. The molecule has 1 rings (SSSR count). The molecule has 0 aliphatic rings. The molecule has 0 unspecified atom stereocenters. The van der Waals surface area contributed by atoms with Crippen molar-refractivity contribution in [1.29, 1.82) is 0 Å². The van der Waals surface area contributed by atoms with E-state index in [4.69, 9.17) is 21.1 Å². The molecule has 0 aliphatic heterocycles. The van der Waals surface area contributed by atoms with Crippen molar-refractivity contribution in [3.8, 4) is 0 Å². The molecule has 0 radical (unpaired) electrons. The van der Waals surface area contributed by atoms with Crippen LogP contribution in [0.1, 0.15) is 19.4 Å². The Hall–Kier alpha value is -0.640. The summed E-state index contributed by atoms with van der Waals surface area (Å²) in [4.78, 5) is 0. The maximum absolute atomic E-state index is 13.5. The Kier molecular flexibility index (Phi) is 5.74. The van der Waals surface area contributed by atoms with Crippen LogP contribution in [0.25, 0.3) is 0 Å². The smallest absolute Gasteiger partial charge is 0.161 e. The van der Waals surface area contributed by atoms with Crippen molar-refractivity contribution in [3.63, 3.8) is 0 Å². The summed E-state index contributed by atoms with van der Waals surface area (Å²) in [7, 11) is 0. The lowest BCUT2D eigenvalue weighted by Gasteiger charge is -2.17. The summed E-state index contributed by atoms with van der Waals surface area (Å²) in [6.07, 6.45) is -0.114. The average molecular weight is 247 g/mol. The predicted molar refractivity (Wildman–Crippen MR) is 62.2 cm³/mol. The van der Waals surface area contributed by atoms with Crippen molar-refractivity contribution < 1.29 is 13.9 Å². The molecule has 0 atom stereocenters. The van der Waals surface area contributed by atoms with E-state index < -0.39 is 6.29 Å². The minimum Gasteiger partial charge on any atom is -0.353 e. The zero-order valence-electron chi connectivity index (χ0n) is 9.50. The number of halogens is 2. The molecular weight excluding hydrogens is 231 g/mol. The van der Waals surface area contributed by atoms with Gasteiger partial charge in [0.05, 0.1) is 0 Å². The zero-order chi connectivity index (χ0) is 12.0. The lowest BCUT2D eigenvalue weighted by atomic mass is 10.1. The SMILES string of the molecule is CCOC(Cc1c(F)cccc1Cl)OCC. The van der Waals surface area contributed by atoms with E-state index >= 15 is 0 Å². The van der Waals surface area contributed by atoms with E-state index in [-0.39, 0.29) is 5.82 Å². The Bertz CT molecular complexity index is 305. The van der Waals surface area contributed by atoms with Crippen LogP contribution in [0, 0.1) is 5.82 Å². The molecular formula is C12H16ClFO2. The minimum absolute atomic E-state index is 0.322. The molecule has 0 heterocycles. The molecule has 0 spiro atoms. The van der Waals surface area contributed by atoms with Gasteiger partial charge in [0, 0.05) is 30.2 Å². The highest BCUT2D eigenvalue weighted by Gasteiger charge is 2.14. The Morgan fingerprint density at radius 3 is 2.38 bits per heavy atom. The molecule has 2 nitrogen and oxygen atoms in total. The van der Waals surface area contributed by atoms with Crippen LogP contribution in [0.2, 0.25) is 5.02 Å². The topological polar surface area (TPSA) is 18.5 Å². The van der Waals surface area contributed by atoms with Crippen molar-refractivity contribution in [1.82, 2.24) is 0 Å². The Balaban J connectivity index is 2.76. The molecule has 1 aromatic carbocycles. The van der Waals surface area contributed by atoms with Crippen LogP contribution in [-0.2, 0) is 15.9 Å². The zero-order valence-corrected chi connectivity index (χ0v) is 10.3. The highest BCUT2D eigenvalue weighted by atomic mass is 35.5. The Morgan fingerprint density at radius 1 is 1.25 bits per heavy atom. The highest BCUT2D eigenvalue weighted by Crippen LogP contribution is 2.21. The van der Waals surface area contributed by atoms with Gasteiger partial charge in [-0.3, -0.25) is 0 Å². The maximum Gasteiger partial charge on any atom is 0.161 e. The van der Waals surface area contributed by atoms with Crippen molar-refractivity contribution in [3.05, 3.63) is 34.6 Å². The summed E-state index contributed by atoms with van der Waals surface area (Å²) in [5, 5.41) is 0.407. The van der Waals surface area contributed by atoms with Crippen molar-refractivity contribution in [2.24, 2.45) is 0 Å². The third-order valence-electron chi connectivity index (χ3n) is 2.14. The second-order valence-corrected chi connectivity index (χ2v) is 3.65. The van der Waals surface area contributed by atoms with E-state index in [0.717, 1.165) is 0 Å². The standard InChI is InChI=1S/C12H16ClFO2/c1-3-15-12(16-4-2)8-9-10(13)6-5-7-11(9)14/h5-7,12H,3-4,8H2,1-2H3. The summed E-state index contributed by atoms with van der Waals surface area (Å²) >= 11 is 5.92. The van der Waals surface area contributed by atoms with Gasteiger partial charge < -0.3 is 9.47 Å². The van der Waals surface area contributed by atoms with Crippen molar-refractivity contribution in [2.75, 3.05) is 13.2 Å². The average Bonchev–Trinajstić information content (AvgIpc) is 2.24. The second kappa shape index (κ2) is 6.84. The molecule has 0 saturated carbocycles. The Morgan fingerprint density at radius 2 is 1.88 bits per heavy atom. The molecule has 0 N–H and O–H groups in total. The number of benzene rings is 1. The van der Waals surface area contributed by atoms with Crippen molar-refractivity contribution >= 4 is 11.6 Å². The van der Waals surface area contributed by atoms with Gasteiger partial charge in [0.2, 0.25) is 0 Å². The van der Waals surface area contributed by atoms with Gasteiger partial charge in [-0.1, -0.05) is 17.7 Å². The van der Waals surface area contributed by atoms with Gasteiger partial charge >= 0.3 is 0 Å². The molecule has 0 aromatic heterocycles. The Labute approximate surface area is 100 Å². The van der Waals surface area contributed by atoms with E-state index in [9.17, 15) is 4.39 Å². The van der Waals surface area contributed by atoms with Gasteiger partial charge in [0.15, 0.2) is 6.29 Å². The van der Waals surface area contributed by atoms with Crippen LogP contribution in [-0.4, -0.2) is 19.5 Å². The van der Waals surface area contributed by atoms with Crippen LogP contribution in [0.5, 0.6) is 0 Å². The van der Waals surface area contributed by atoms with Crippen LogP contribution in [0.3, 0.4) is 0 Å². The van der Waals surface area contributed by atoms with E-state index in [2.05, 4.69) is 0 Å². The number of hydrogen-bond acceptors (Lipinski definition) is 2. The molecule has 90 valence electrons. The van der Waals surface area contributed by atoms with E-state index in [1.807, 2.05) is 13.8 Å². The monoisotopic (exact) mass is 246 g/mol. The van der Waals surface area contributed by atoms with Gasteiger partial charge in [-0.15, -0.1) is 0 Å². The molecule has 0 amide bonds. The molecule has 16 heavy (non-hydrogen) atoms. The molecule has 0 aliphatic carbocycles. The maximum atomic E-state index is 13.5. The molecule has 0 saturated heterocycles. The number of ether oxygens (including phenoxy) is 2. The van der Waals surface area contributed by atoms with Gasteiger partial charge in [0.1, 0.15) is 5.82 Å². The lowest BCUT2D eigenvalue weighted by Crippen LogP contribution is -2.21. The number of hydrogen-bond donors (Lipinski definition) is 0. The largest absolute Gasteiger partial charge is 0.353 e. The first kappa shape index (κ1) is 13.4. The molecule has 1 aromatic rings. The first-order chi connectivity index (χ1) is 7.69. The van der Waals surface area contributed by atoms with E-state index in [1.54, 1.807) is 12.1 Å². The van der Waals surface area contributed by atoms with Gasteiger partial charge in [-0.05, 0) is 26.0 Å². The first-order valence-electron chi connectivity index (χ1n) is 5.35. The van der Waals surface area contributed by atoms with E-state index in [1.165, 1.54) is 6.07 Å². The summed E-state index contributed by atoms with van der Waals surface area (Å²) in [5.74, 6) is -0.322. The fourth-order valence-electron chi connectivity index (χ4n) is 1.43. The van der Waals surface area contributed by atoms with Crippen LogP contribution in [0.15, 0.2) is 18.2 Å². The number of rotatable bonds is 6. The van der Waals surface area contributed by atoms with Gasteiger partial charge in [-0.25, -0.2) is 4.39 Å². The summed E-state index contributed by atoms with van der Waals surface area (Å²) in [6, 6.07) is 4.63. The van der Waals surface area contributed by atoms with Crippen LogP contribution in [0.4, 0.5) is 4.39 Å². The third kappa shape index (κ3) is 3.74. The minimum atomic E-state index is -0.440.